The quantitative estimate of drug-likeness (QED) is 0.0644. The average molecular weight is 557 g/mol. The Balaban J connectivity index is 1.85. The van der Waals surface area contributed by atoms with Gasteiger partial charge in [-0.1, -0.05) is 94.6 Å². The number of ketones is 1. The molecule has 218 valence electrons. The Kier molecular flexibility index (Phi) is 10.5. The summed E-state index contributed by atoms with van der Waals surface area (Å²) in [6, 6.07) is 18.2. The molecular formula is C36H45FN2O2. The van der Waals surface area contributed by atoms with Crippen molar-refractivity contribution >= 4 is 11.5 Å². The zero-order valence-electron chi connectivity index (χ0n) is 24.9. The molecule has 1 unspecified atom stereocenters. The van der Waals surface area contributed by atoms with Crippen LogP contribution < -0.4 is 5.73 Å². The van der Waals surface area contributed by atoms with E-state index in [4.69, 9.17) is 5.73 Å². The van der Waals surface area contributed by atoms with Crippen molar-refractivity contribution in [3.05, 3.63) is 94.3 Å². The van der Waals surface area contributed by atoms with Gasteiger partial charge in [0.2, 0.25) is 0 Å². The predicted molar refractivity (Wildman–Crippen MR) is 167 cm³/mol. The van der Waals surface area contributed by atoms with Gasteiger partial charge in [-0.05, 0) is 84.0 Å². The number of carbonyl (C=O) groups is 1. The van der Waals surface area contributed by atoms with Crippen molar-refractivity contribution < 1.29 is 14.4 Å². The number of hydrogen-bond acceptors (Lipinski definition) is 4. The Labute approximate surface area is 244 Å². The molecular weight excluding hydrogens is 511 g/mol. The zero-order valence-corrected chi connectivity index (χ0v) is 24.9. The number of nitrogens with zero attached hydrogens (tertiary/aromatic N) is 1. The minimum Gasteiger partial charge on any atom is -0.411 e. The second-order valence-electron chi connectivity index (χ2n) is 11.8. The fourth-order valence-electron chi connectivity index (χ4n) is 6.48. The summed E-state index contributed by atoms with van der Waals surface area (Å²) >= 11 is 0. The van der Waals surface area contributed by atoms with Crippen LogP contribution in [0.15, 0.2) is 65.8 Å². The van der Waals surface area contributed by atoms with Crippen LogP contribution in [0.2, 0.25) is 0 Å². The lowest BCUT2D eigenvalue weighted by Crippen LogP contribution is -2.26. The van der Waals surface area contributed by atoms with Gasteiger partial charge in [-0.25, -0.2) is 4.39 Å². The van der Waals surface area contributed by atoms with Gasteiger partial charge in [0.1, 0.15) is 5.82 Å². The summed E-state index contributed by atoms with van der Waals surface area (Å²) in [5.74, 6) is -0.448. The molecule has 4 rings (SSSR count). The topological polar surface area (TPSA) is 75.7 Å². The largest absolute Gasteiger partial charge is 0.411 e. The van der Waals surface area contributed by atoms with E-state index in [1.54, 1.807) is 12.1 Å². The monoisotopic (exact) mass is 556 g/mol. The van der Waals surface area contributed by atoms with Gasteiger partial charge in [0, 0.05) is 29.0 Å². The molecule has 0 amide bonds. The number of unbranched alkanes of at least 4 members (excludes halogenated alkanes) is 6. The number of benzene rings is 3. The number of oxime groups is 1. The highest BCUT2D eigenvalue weighted by atomic mass is 19.1. The van der Waals surface area contributed by atoms with E-state index < -0.39 is 0 Å². The Morgan fingerprint density at radius 2 is 1.32 bits per heavy atom. The molecule has 0 bridgehead atoms. The van der Waals surface area contributed by atoms with Crippen molar-refractivity contribution in [3.63, 3.8) is 0 Å². The first-order valence-electron chi connectivity index (χ1n) is 15.4. The summed E-state index contributed by atoms with van der Waals surface area (Å²) in [6.45, 7) is 6.38. The Morgan fingerprint density at radius 1 is 0.805 bits per heavy atom. The molecule has 3 aromatic carbocycles. The van der Waals surface area contributed by atoms with Crippen LogP contribution in [0.3, 0.4) is 0 Å². The van der Waals surface area contributed by atoms with E-state index >= 15 is 0 Å². The minimum absolute atomic E-state index is 0.0954. The molecule has 0 saturated carbocycles. The second kappa shape index (κ2) is 14.0. The third-order valence-electron chi connectivity index (χ3n) is 8.61. The van der Waals surface area contributed by atoms with Gasteiger partial charge in [-0.15, -0.1) is 0 Å². The standard InChI is InChI=1S/C36H45FN2O2/c1-4-6-8-10-20-36(21-11-9-7-5-2)32-23-27(34(39-41)22-25(3)38)14-18-30(32)31-19-15-28(24-33(31)36)35(40)26-12-16-29(37)17-13-26/h12-19,23-25,41H,4-11,20-22,38H2,1-3H3/b39-34+. The molecule has 0 fully saturated rings. The van der Waals surface area contributed by atoms with Crippen LogP contribution >= 0.6 is 0 Å². The molecule has 41 heavy (non-hydrogen) atoms. The molecule has 0 spiro atoms. The summed E-state index contributed by atoms with van der Waals surface area (Å²) in [7, 11) is 0. The molecule has 3 aromatic rings. The molecule has 0 saturated heterocycles. The summed E-state index contributed by atoms with van der Waals surface area (Å²) in [4.78, 5) is 13.5. The first kappa shape index (κ1) is 30.6. The van der Waals surface area contributed by atoms with Crippen LogP contribution in [0.5, 0.6) is 0 Å². The van der Waals surface area contributed by atoms with Crippen molar-refractivity contribution in [2.75, 3.05) is 0 Å². The highest BCUT2D eigenvalue weighted by molar-refractivity contribution is 6.09. The molecule has 5 heteroatoms. The van der Waals surface area contributed by atoms with Crippen LogP contribution in [0, 0.1) is 5.82 Å². The molecule has 3 N–H and O–H groups in total. The van der Waals surface area contributed by atoms with E-state index in [1.807, 2.05) is 19.1 Å². The first-order chi connectivity index (χ1) is 19.8. The van der Waals surface area contributed by atoms with E-state index in [9.17, 15) is 14.4 Å². The molecule has 0 aromatic heterocycles. The smallest absolute Gasteiger partial charge is 0.193 e. The third kappa shape index (κ3) is 6.78. The second-order valence-corrected chi connectivity index (χ2v) is 11.8. The van der Waals surface area contributed by atoms with E-state index in [1.165, 1.54) is 72.9 Å². The number of fused-ring (bicyclic) bond motifs is 3. The maximum atomic E-state index is 13.6. The van der Waals surface area contributed by atoms with Gasteiger partial charge < -0.3 is 10.9 Å². The summed E-state index contributed by atoms with van der Waals surface area (Å²) in [5.41, 5.74) is 13.3. The molecule has 0 aliphatic heterocycles. The SMILES string of the molecule is CCCCCCC1(CCCCCC)c2cc(C(=O)c3ccc(F)cc3)ccc2-c2ccc(/C(CC(C)N)=N/O)cc21. The number of nitrogens with two attached hydrogens (primary N) is 1. The van der Waals surface area contributed by atoms with Crippen LogP contribution in [0.25, 0.3) is 11.1 Å². The van der Waals surface area contributed by atoms with Crippen LogP contribution in [0.4, 0.5) is 4.39 Å². The minimum atomic E-state index is -0.352. The van der Waals surface area contributed by atoms with E-state index in [0.29, 0.717) is 23.3 Å². The first-order valence-corrected chi connectivity index (χ1v) is 15.4. The van der Waals surface area contributed by atoms with Gasteiger partial charge in [-0.2, -0.15) is 0 Å². The Hall–Kier alpha value is -3.31. The van der Waals surface area contributed by atoms with Gasteiger partial charge >= 0.3 is 0 Å². The maximum absolute atomic E-state index is 13.6. The van der Waals surface area contributed by atoms with Crippen molar-refractivity contribution in [2.45, 2.75) is 103 Å². The fraction of sp³-hybridized carbons (Fsp3) is 0.444. The van der Waals surface area contributed by atoms with Gasteiger partial charge in [0.25, 0.3) is 0 Å². The number of carbonyl (C=O) groups excluding carboxylic acids is 1. The maximum Gasteiger partial charge on any atom is 0.193 e. The van der Waals surface area contributed by atoms with Gasteiger partial charge in [0.05, 0.1) is 5.71 Å². The Morgan fingerprint density at radius 3 is 1.83 bits per heavy atom. The lowest BCUT2D eigenvalue weighted by atomic mass is 9.70. The van der Waals surface area contributed by atoms with Crippen LogP contribution in [0.1, 0.15) is 124 Å². The highest BCUT2D eigenvalue weighted by Crippen LogP contribution is 2.55. The lowest BCUT2D eigenvalue weighted by molar-refractivity contribution is 0.103. The highest BCUT2D eigenvalue weighted by Gasteiger charge is 2.43. The average Bonchev–Trinajstić information content (AvgIpc) is 3.24. The van der Waals surface area contributed by atoms with Crippen LogP contribution in [-0.4, -0.2) is 22.7 Å². The number of halogens is 1. The summed E-state index contributed by atoms with van der Waals surface area (Å²) in [6.07, 6.45) is 11.7. The van der Waals surface area contributed by atoms with Gasteiger partial charge in [-0.3, -0.25) is 4.79 Å². The van der Waals surface area contributed by atoms with Crippen molar-refractivity contribution in [2.24, 2.45) is 10.9 Å². The van der Waals surface area contributed by atoms with E-state index in [2.05, 4.69) is 43.3 Å². The van der Waals surface area contributed by atoms with Crippen LogP contribution in [-0.2, 0) is 5.41 Å². The zero-order chi connectivity index (χ0) is 29.4. The lowest BCUT2D eigenvalue weighted by Gasteiger charge is -2.33. The van der Waals surface area contributed by atoms with Gasteiger partial charge in [0.15, 0.2) is 5.78 Å². The molecule has 4 nitrogen and oxygen atoms in total. The summed E-state index contributed by atoms with van der Waals surface area (Å²) < 4.78 is 13.6. The van der Waals surface area contributed by atoms with E-state index in [0.717, 1.165) is 31.2 Å². The fourth-order valence-corrected chi connectivity index (χ4v) is 6.48. The molecule has 1 atom stereocenters. The Bertz CT molecular complexity index is 1350. The van der Waals surface area contributed by atoms with Crippen molar-refractivity contribution in [1.29, 1.82) is 0 Å². The van der Waals surface area contributed by atoms with E-state index in [-0.39, 0.29) is 23.1 Å². The predicted octanol–water partition coefficient (Wildman–Crippen LogP) is 9.18. The summed E-state index contributed by atoms with van der Waals surface area (Å²) in [5, 5.41) is 13.5. The molecule has 1 aliphatic rings. The molecule has 1 aliphatic carbocycles. The normalized spacial score (nSPS) is 14.5. The molecule has 0 radical (unpaired) electrons. The number of hydrogen-bond donors (Lipinski definition) is 2. The third-order valence-corrected chi connectivity index (χ3v) is 8.61. The van der Waals surface area contributed by atoms with Crippen molar-refractivity contribution in [3.8, 4) is 11.1 Å². The molecule has 0 heterocycles. The van der Waals surface area contributed by atoms with Crippen molar-refractivity contribution in [1.82, 2.24) is 0 Å². The number of rotatable bonds is 15.